The normalized spacial score (nSPS) is 23.0. The van der Waals surface area contributed by atoms with Crippen molar-refractivity contribution in [3.63, 3.8) is 0 Å². The molecular formula is C22H25N3O3. The number of ether oxygens (including phenoxy) is 1. The Morgan fingerprint density at radius 1 is 1.11 bits per heavy atom. The molecule has 0 bridgehead atoms. The van der Waals surface area contributed by atoms with Gasteiger partial charge in [-0.2, -0.15) is 0 Å². The number of rotatable bonds is 2. The third-order valence-electron chi connectivity index (χ3n) is 5.63. The van der Waals surface area contributed by atoms with Gasteiger partial charge in [0.15, 0.2) is 5.60 Å². The van der Waals surface area contributed by atoms with E-state index >= 15 is 0 Å². The number of morpholine rings is 1. The SMILES string of the molecule is Cc1ncccc1C(=O)N1CCOC2(CCCCN(c3ccccc3)C2=O)C1. The number of para-hydroxylation sites is 1. The molecule has 28 heavy (non-hydrogen) atoms. The number of aromatic nitrogens is 1. The molecule has 1 aromatic heterocycles. The highest BCUT2D eigenvalue weighted by molar-refractivity contribution is 6.01. The van der Waals surface area contributed by atoms with Gasteiger partial charge in [0.1, 0.15) is 0 Å². The number of benzene rings is 1. The lowest BCUT2D eigenvalue weighted by Crippen LogP contribution is -2.61. The molecule has 2 aliphatic heterocycles. The average molecular weight is 379 g/mol. The van der Waals surface area contributed by atoms with Crippen LogP contribution < -0.4 is 4.90 Å². The Hall–Kier alpha value is -2.73. The molecule has 1 spiro atoms. The van der Waals surface area contributed by atoms with Crippen LogP contribution in [-0.4, -0.2) is 53.5 Å². The lowest BCUT2D eigenvalue weighted by molar-refractivity contribution is -0.155. The third kappa shape index (κ3) is 3.40. The molecule has 3 heterocycles. The minimum atomic E-state index is -0.976. The van der Waals surface area contributed by atoms with E-state index in [0.29, 0.717) is 37.4 Å². The molecule has 1 unspecified atom stereocenters. The number of anilines is 1. The molecule has 2 aliphatic rings. The second-order valence-electron chi connectivity index (χ2n) is 7.46. The van der Waals surface area contributed by atoms with Gasteiger partial charge in [0.2, 0.25) is 0 Å². The quantitative estimate of drug-likeness (QED) is 0.805. The molecule has 0 saturated carbocycles. The maximum Gasteiger partial charge on any atom is 0.261 e. The van der Waals surface area contributed by atoms with Crippen LogP contribution in [0.4, 0.5) is 5.69 Å². The summed E-state index contributed by atoms with van der Waals surface area (Å²) in [7, 11) is 0. The molecule has 1 aromatic carbocycles. The molecule has 6 nitrogen and oxygen atoms in total. The second-order valence-corrected chi connectivity index (χ2v) is 7.46. The number of nitrogens with zero attached hydrogens (tertiary/aromatic N) is 3. The maximum absolute atomic E-state index is 13.5. The summed E-state index contributed by atoms with van der Waals surface area (Å²) in [6.07, 6.45) is 4.12. The van der Waals surface area contributed by atoms with E-state index in [1.807, 2.05) is 42.2 Å². The lowest BCUT2D eigenvalue weighted by atomic mass is 9.93. The molecule has 1 atom stereocenters. The van der Waals surface area contributed by atoms with Crippen molar-refractivity contribution in [2.24, 2.45) is 0 Å². The molecule has 0 N–H and O–H groups in total. The fourth-order valence-corrected chi connectivity index (χ4v) is 4.11. The van der Waals surface area contributed by atoms with Crippen LogP contribution in [0.15, 0.2) is 48.7 Å². The Balaban J connectivity index is 1.61. The Kier molecular flexibility index (Phi) is 5.13. The number of hydrogen-bond acceptors (Lipinski definition) is 4. The highest BCUT2D eigenvalue weighted by Gasteiger charge is 2.48. The molecule has 146 valence electrons. The van der Waals surface area contributed by atoms with E-state index in [1.54, 1.807) is 23.2 Å². The average Bonchev–Trinajstić information content (AvgIpc) is 2.88. The van der Waals surface area contributed by atoms with Crippen LogP contribution in [0.5, 0.6) is 0 Å². The highest BCUT2D eigenvalue weighted by Crippen LogP contribution is 2.32. The topological polar surface area (TPSA) is 62.7 Å². The number of aryl methyl sites for hydroxylation is 1. The summed E-state index contributed by atoms with van der Waals surface area (Å²) in [5, 5.41) is 0. The Labute approximate surface area is 165 Å². The van der Waals surface area contributed by atoms with E-state index in [9.17, 15) is 9.59 Å². The number of amides is 2. The zero-order valence-electron chi connectivity index (χ0n) is 16.1. The lowest BCUT2D eigenvalue weighted by Gasteiger charge is -2.42. The zero-order chi connectivity index (χ0) is 19.6. The first-order valence-corrected chi connectivity index (χ1v) is 9.83. The summed E-state index contributed by atoms with van der Waals surface area (Å²) >= 11 is 0. The van der Waals surface area contributed by atoms with Crippen LogP contribution in [0, 0.1) is 6.92 Å². The second kappa shape index (κ2) is 7.72. The molecule has 0 aliphatic carbocycles. The van der Waals surface area contributed by atoms with Gasteiger partial charge in [-0.3, -0.25) is 14.6 Å². The number of carbonyl (C=O) groups excluding carboxylic acids is 2. The minimum absolute atomic E-state index is 0.0448. The first-order chi connectivity index (χ1) is 13.6. The summed E-state index contributed by atoms with van der Waals surface area (Å²) in [6, 6.07) is 13.3. The Morgan fingerprint density at radius 2 is 1.93 bits per heavy atom. The van der Waals surface area contributed by atoms with Crippen molar-refractivity contribution in [2.45, 2.75) is 31.8 Å². The summed E-state index contributed by atoms with van der Waals surface area (Å²) in [6.45, 7) is 3.62. The Bertz CT molecular complexity index is 870. The van der Waals surface area contributed by atoms with Crippen molar-refractivity contribution in [2.75, 3.05) is 31.1 Å². The van der Waals surface area contributed by atoms with Crippen LogP contribution >= 0.6 is 0 Å². The number of carbonyl (C=O) groups is 2. The smallest absolute Gasteiger partial charge is 0.261 e. The van der Waals surface area contributed by atoms with Gasteiger partial charge in [-0.1, -0.05) is 18.2 Å². The van der Waals surface area contributed by atoms with Crippen LogP contribution in [0.25, 0.3) is 0 Å². The van der Waals surface area contributed by atoms with Crippen LogP contribution in [0.3, 0.4) is 0 Å². The standard InChI is InChI=1S/C22H25N3O3/c1-17-19(10-7-12-23-17)20(26)24-14-15-28-22(16-24)11-5-6-13-25(21(22)27)18-8-3-2-4-9-18/h2-4,7-10,12H,5-6,11,13-16H2,1H3. The molecule has 2 saturated heterocycles. The predicted octanol–water partition coefficient (Wildman–Crippen LogP) is 2.82. The Morgan fingerprint density at radius 3 is 2.71 bits per heavy atom. The fourth-order valence-electron chi connectivity index (χ4n) is 4.11. The third-order valence-corrected chi connectivity index (χ3v) is 5.63. The van der Waals surface area contributed by atoms with Crippen LogP contribution in [-0.2, 0) is 9.53 Å². The van der Waals surface area contributed by atoms with Gasteiger partial charge in [-0.25, -0.2) is 0 Å². The zero-order valence-corrected chi connectivity index (χ0v) is 16.1. The first kappa shape index (κ1) is 18.6. The molecule has 6 heteroatoms. The van der Waals surface area contributed by atoms with Crippen molar-refractivity contribution in [3.8, 4) is 0 Å². The van der Waals surface area contributed by atoms with Crippen molar-refractivity contribution in [3.05, 3.63) is 59.9 Å². The van der Waals surface area contributed by atoms with E-state index in [-0.39, 0.29) is 18.4 Å². The molecule has 0 radical (unpaired) electrons. The monoisotopic (exact) mass is 379 g/mol. The van der Waals surface area contributed by atoms with E-state index in [2.05, 4.69) is 4.98 Å². The summed E-state index contributed by atoms with van der Waals surface area (Å²) in [5.74, 6) is -0.131. The van der Waals surface area contributed by atoms with Crippen LogP contribution in [0.2, 0.25) is 0 Å². The summed E-state index contributed by atoms with van der Waals surface area (Å²) in [4.78, 5) is 34.4. The molecular weight excluding hydrogens is 354 g/mol. The molecule has 2 fully saturated rings. The van der Waals surface area contributed by atoms with Gasteiger partial charge in [0.25, 0.3) is 11.8 Å². The number of hydrogen-bond donors (Lipinski definition) is 0. The number of pyridine rings is 1. The summed E-state index contributed by atoms with van der Waals surface area (Å²) in [5.41, 5.74) is 1.19. The molecule has 2 aromatic rings. The predicted molar refractivity (Wildman–Crippen MR) is 106 cm³/mol. The van der Waals surface area contributed by atoms with E-state index in [0.717, 1.165) is 18.5 Å². The summed E-state index contributed by atoms with van der Waals surface area (Å²) < 4.78 is 6.10. The van der Waals surface area contributed by atoms with E-state index < -0.39 is 5.60 Å². The minimum Gasteiger partial charge on any atom is -0.361 e. The fraction of sp³-hybridized carbons (Fsp3) is 0.409. The van der Waals surface area contributed by atoms with E-state index in [4.69, 9.17) is 4.74 Å². The largest absolute Gasteiger partial charge is 0.361 e. The maximum atomic E-state index is 13.5. The van der Waals surface area contributed by atoms with E-state index in [1.165, 1.54) is 0 Å². The van der Waals surface area contributed by atoms with Crippen molar-refractivity contribution in [1.29, 1.82) is 0 Å². The van der Waals surface area contributed by atoms with Gasteiger partial charge < -0.3 is 14.5 Å². The van der Waals surface area contributed by atoms with Gasteiger partial charge in [-0.05, 0) is 50.5 Å². The molecule has 2 amide bonds. The van der Waals surface area contributed by atoms with Gasteiger partial charge in [0, 0.05) is 30.7 Å². The highest BCUT2D eigenvalue weighted by atomic mass is 16.5. The van der Waals surface area contributed by atoms with Crippen molar-refractivity contribution in [1.82, 2.24) is 9.88 Å². The van der Waals surface area contributed by atoms with Gasteiger partial charge in [0.05, 0.1) is 18.7 Å². The first-order valence-electron chi connectivity index (χ1n) is 9.83. The van der Waals surface area contributed by atoms with Crippen molar-refractivity contribution < 1.29 is 14.3 Å². The van der Waals surface area contributed by atoms with Gasteiger partial charge >= 0.3 is 0 Å². The van der Waals surface area contributed by atoms with Gasteiger partial charge in [-0.15, -0.1) is 0 Å². The molecule has 4 rings (SSSR count). The van der Waals surface area contributed by atoms with Crippen molar-refractivity contribution >= 4 is 17.5 Å². The van der Waals surface area contributed by atoms with Crippen LogP contribution in [0.1, 0.15) is 35.3 Å².